The predicted molar refractivity (Wildman–Crippen MR) is 86.4 cm³/mol. The van der Waals surface area contributed by atoms with E-state index in [2.05, 4.69) is 10.6 Å². The minimum atomic E-state index is -0.996. The van der Waals surface area contributed by atoms with Crippen molar-refractivity contribution in [1.82, 2.24) is 10.6 Å². The summed E-state index contributed by atoms with van der Waals surface area (Å²) in [6.45, 7) is 1.40. The summed E-state index contributed by atoms with van der Waals surface area (Å²) < 4.78 is 26.3. The van der Waals surface area contributed by atoms with Gasteiger partial charge >= 0.3 is 0 Å². The van der Waals surface area contributed by atoms with Crippen LogP contribution in [0.5, 0.6) is 0 Å². The first-order valence-corrected chi connectivity index (χ1v) is 7.43. The van der Waals surface area contributed by atoms with Crippen LogP contribution in [-0.2, 0) is 4.79 Å². The Morgan fingerprint density at radius 1 is 1.16 bits per heavy atom. The van der Waals surface area contributed by atoms with Crippen molar-refractivity contribution < 1.29 is 18.4 Å². The van der Waals surface area contributed by atoms with E-state index in [4.69, 9.17) is 5.26 Å². The number of nitrogens with zero attached hydrogens (tertiary/aromatic N) is 1. The molecular formula is C18H15F2N3O2. The Morgan fingerprint density at radius 3 is 2.44 bits per heavy atom. The zero-order chi connectivity index (χ0) is 18.4. The van der Waals surface area contributed by atoms with Crippen LogP contribution in [-0.4, -0.2) is 18.4 Å². The maximum absolute atomic E-state index is 13.5. The van der Waals surface area contributed by atoms with Gasteiger partial charge in [-0.05, 0) is 36.8 Å². The van der Waals surface area contributed by atoms with Crippen LogP contribution < -0.4 is 10.6 Å². The predicted octanol–water partition coefficient (Wildman–Crippen LogP) is 2.44. The molecule has 0 radical (unpaired) electrons. The fourth-order valence-electron chi connectivity index (χ4n) is 2.15. The summed E-state index contributed by atoms with van der Waals surface area (Å²) in [5.41, 5.74) is 0.966. The molecule has 0 aliphatic heterocycles. The summed E-state index contributed by atoms with van der Waals surface area (Å²) in [5.74, 6) is -3.06. The van der Waals surface area contributed by atoms with Gasteiger partial charge in [0.2, 0.25) is 5.91 Å². The smallest absolute Gasteiger partial charge is 0.254 e. The Kier molecular flexibility index (Phi) is 5.79. The number of halogens is 2. The van der Waals surface area contributed by atoms with Crippen molar-refractivity contribution in [3.8, 4) is 6.07 Å². The highest BCUT2D eigenvalue weighted by Gasteiger charge is 2.15. The number of hydrogen-bond acceptors (Lipinski definition) is 3. The van der Waals surface area contributed by atoms with Crippen LogP contribution in [0, 0.1) is 23.0 Å². The Morgan fingerprint density at radius 2 is 1.84 bits per heavy atom. The van der Waals surface area contributed by atoms with E-state index in [1.54, 1.807) is 31.2 Å². The lowest BCUT2D eigenvalue weighted by Gasteiger charge is -2.15. The molecule has 2 rings (SSSR count). The van der Waals surface area contributed by atoms with Crippen molar-refractivity contribution in [2.45, 2.75) is 13.0 Å². The number of nitrogens with one attached hydrogen (secondary N) is 2. The highest BCUT2D eigenvalue weighted by Crippen LogP contribution is 2.13. The zero-order valence-electron chi connectivity index (χ0n) is 13.3. The first-order chi connectivity index (χ1) is 11.9. The van der Waals surface area contributed by atoms with Crippen LogP contribution in [0.15, 0.2) is 42.5 Å². The third kappa shape index (κ3) is 4.85. The van der Waals surface area contributed by atoms with Gasteiger partial charge in [-0.2, -0.15) is 5.26 Å². The fraction of sp³-hybridized carbons (Fsp3) is 0.167. The highest BCUT2D eigenvalue weighted by atomic mass is 19.1. The van der Waals surface area contributed by atoms with Crippen molar-refractivity contribution in [2.24, 2.45) is 0 Å². The van der Waals surface area contributed by atoms with Gasteiger partial charge in [-0.15, -0.1) is 0 Å². The first-order valence-electron chi connectivity index (χ1n) is 7.43. The molecule has 0 aromatic heterocycles. The molecule has 0 aliphatic rings. The lowest BCUT2D eigenvalue weighted by Crippen LogP contribution is -2.38. The van der Waals surface area contributed by atoms with E-state index in [9.17, 15) is 18.4 Å². The molecule has 1 atom stereocenters. The minimum absolute atomic E-state index is 0.334. The van der Waals surface area contributed by atoms with E-state index in [1.807, 2.05) is 6.07 Å². The van der Waals surface area contributed by atoms with Crippen molar-refractivity contribution in [3.63, 3.8) is 0 Å². The second-order valence-electron chi connectivity index (χ2n) is 5.33. The molecule has 0 saturated carbocycles. The Balaban J connectivity index is 1.89. The second-order valence-corrected chi connectivity index (χ2v) is 5.33. The van der Waals surface area contributed by atoms with Crippen LogP contribution in [0.1, 0.15) is 34.5 Å². The monoisotopic (exact) mass is 343 g/mol. The number of amides is 2. The number of benzene rings is 2. The number of carbonyl (C=O) groups is 2. The van der Waals surface area contributed by atoms with Gasteiger partial charge in [0.25, 0.3) is 5.91 Å². The highest BCUT2D eigenvalue weighted by molar-refractivity contribution is 5.96. The second kappa shape index (κ2) is 8.02. The molecule has 2 aromatic carbocycles. The van der Waals surface area contributed by atoms with E-state index in [0.717, 1.165) is 17.7 Å². The van der Waals surface area contributed by atoms with E-state index in [1.165, 1.54) is 0 Å². The Labute approximate surface area is 143 Å². The molecule has 0 saturated heterocycles. The molecular weight excluding hydrogens is 328 g/mol. The molecule has 0 aliphatic carbocycles. The van der Waals surface area contributed by atoms with Crippen LogP contribution in [0.2, 0.25) is 0 Å². The molecule has 0 fully saturated rings. The Hall–Kier alpha value is -3.27. The summed E-state index contributed by atoms with van der Waals surface area (Å²) in [6, 6.07) is 10.9. The van der Waals surface area contributed by atoms with Gasteiger partial charge in [-0.25, -0.2) is 8.78 Å². The SMILES string of the molecule is CC(NC(=O)CNC(=O)c1ccc(F)cc1F)c1ccc(C#N)cc1. The van der Waals surface area contributed by atoms with Crippen LogP contribution >= 0.6 is 0 Å². The topological polar surface area (TPSA) is 82.0 Å². The summed E-state index contributed by atoms with van der Waals surface area (Å²) in [5, 5.41) is 13.7. The van der Waals surface area contributed by atoms with Crippen LogP contribution in [0.4, 0.5) is 8.78 Å². The number of hydrogen-bond donors (Lipinski definition) is 2. The fourth-order valence-corrected chi connectivity index (χ4v) is 2.15. The van der Waals surface area contributed by atoms with Gasteiger partial charge in [0, 0.05) is 6.07 Å². The zero-order valence-corrected chi connectivity index (χ0v) is 13.3. The van der Waals surface area contributed by atoms with Crippen molar-refractivity contribution >= 4 is 11.8 Å². The third-order valence-electron chi connectivity index (χ3n) is 3.50. The van der Waals surface area contributed by atoms with E-state index >= 15 is 0 Å². The number of carbonyl (C=O) groups excluding carboxylic acids is 2. The third-order valence-corrected chi connectivity index (χ3v) is 3.50. The van der Waals surface area contributed by atoms with Gasteiger partial charge in [-0.1, -0.05) is 12.1 Å². The molecule has 2 N–H and O–H groups in total. The molecule has 2 aromatic rings. The standard InChI is InChI=1S/C18H15F2N3O2/c1-11(13-4-2-12(9-21)3-5-13)23-17(24)10-22-18(25)15-7-6-14(19)8-16(15)20/h2-8,11H,10H2,1H3,(H,22,25)(H,23,24). The van der Waals surface area contributed by atoms with Gasteiger partial charge in [-0.3, -0.25) is 9.59 Å². The minimum Gasteiger partial charge on any atom is -0.348 e. The quantitative estimate of drug-likeness (QED) is 0.875. The maximum Gasteiger partial charge on any atom is 0.254 e. The van der Waals surface area contributed by atoms with Gasteiger partial charge < -0.3 is 10.6 Å². The number of rotatable bonds is 5. The average molecular weight is 343 g/mol. The van der Waals surface area contributed by atoms with E-state index in [-0.39, 0.29) is 18.2 Å². The first kappa shape index (κ1) is 18.1. The van der Waals surface area contributed by atoms with Gasteiger partial charge in [0.15, 0.2) is 0 Å². The van der Waals surface area contributed by atoms with Crippen molar-refractivity contribution in [3.05, 3.63) is 70.8 Å². The molecule has 2 amide bonds. The maximum atomic E-state index is 13.5. The molecule has 7 heteroatoms. The van der Waals surface area contributed by atoms with Crippen molar-refractivity contribution in [2.75, 3.05) is 6.54 Å². The van der Waals surface area contributed by atoms with E-state index < -0.39 is 23.4 Å². The van der Waals surface area contributed by atoms with Crippen LogP contribution in [0.3, 0.4) is 0 Å². The lowest BCUT2D eigenvalue weighted by atomic mass is 10.1. The lowest BCUT2D eigenvalue weighted by molar-refractivity contribution is -0.120. The average Bonchev–Trinajstić information content (AvgIpc) is 2.59. The molecule has 25 heavy (non-hydrogen) atoms. The molecule has 128 valence electrons. The summed E-state index contributed by atoms with van der Waals surface area (Å²) >= 11 is 0. The summed E-state index contributed by atoms with van der Waals surface area (Å²) in [6.07, 6.45) is 0. The van der Waals surface area contributed by atoms with Gasteiger partial charge in [0.1, 0.15) is 11.6 Å². The molecule has 0 bridgehead atoms. The van der Waals surface area contributed by atoms with Gasteiger partial charge in [0.05, 0.1) is 29.8 Å². The normalized spacial score (nSPS) is 11.3. The molecule has 5 nitrogen and oxygen atoms in total. The van der Waals surface area contributed by atoms with E-state index in [0.29, 0.717) is 11.6 Å². The molecule has 0 spiro atoms. The largest absolute Gasteiger partial charge is 0.348 e. The Bertz CT molecular complexity index is 829. The summed E-state index contributed by atoms with van der Waals surface area (Å²) in [7, 11) is 0. The van der Waals surface area contributed by atoms with Crippen molar-refractivity contribution in [1.29, 1.82) is 5.26 Å². The molecule has 1 unspecified atom stereocenters. The molecule has 0 heterocycles. The summed E-state index contributed by atoms with van der Waals surface area (Å²) in [4.78, 5) is 23.7. The number of nitriles is 1. The van der Waals surface area contributed by atoms with Crippen LogP contribution in [0.25, 0.3) is 0 Å².